The summed E-state index contributed by atoms with van der Waals surface area (Å²) in [5, 5.41) is 3.92. The molecule has 136 valence electrons. The zero-order valence-electron chi connectivity index (χ0n) is 15.6. The quantitative estimate of drug-likeness (QED) is 0.801. The number of hydrogen-bond donors (Lipinski definition) is 0. The van der Waals surface area contributed by atoms with Crippen LogP contribution in [0, 0.1) is 6.92 Å². The van der Waals surface area contributed by atoms with Crippen LogP contribution in [0.4, 0.5) is 11.9 Å². The van der Waals surface area contributed by atoms with Crippen LogP contribution in [0.5, 0.6) is 0 Å². The molecule has 0 spiro atoms. The number of aryl methyl sites for hydroxylation is 1. The van der Waals surface area contributed by atoms with Crippen molar-refractivity contribution in [3.05, 3.63) is 17.5 Å². The SMILES string of the molecule is COC1CC(c2nc(C)no2)N(c2nc(C(C)C)nc(N(C)C)n2)C1. The molecule has 1 fully saturated rings. The minimum absolute atomic E-state index is 0.0549. The molecule has 1 saturated heterocycles. The van der Waals surface area contributed by atoms with Gasteiger partial charge in [0.2, 0.25) is 17.8 Å². The highest BCUT2D eigenvalue weighted by Crippen LogP contribution is 2.35. The molecule has 0 bridgehead atoms. The topological polar surface area (TPSA) is 93.3 Å². The number of rotatable bonds is 5. The lowest BCUT2D eigenvalue weighted by Gasteiger charge is -2.23. The highest BCUT2D eigenvalue weighted by Gasteiger charge is 2.38. The van der Waals surface area contributed by atoms with Gasteiger partial charge < -0.3 is 19.1 Å². The van der Waals surface area contributed by atoms with Crippen LogP contribution >= 0.6 is 0 Å². The van der Waals surface area contributed by atoms with Crippen LogP contribution in [0.15, 0.2) is 4.52 Å². The second-order valence-corrected chi connectivity index (χ2v) is 6.78. The third-order valence-electron chi connectivity index (χ3n) is 4.23. The molecule has 2 unspecified atom stereocenters. The van der Waals surface area contributed by atoms with Gasteiger partial charge in [-0.05, 0) is 6.92 Å². The molecular weight excluding hydrogens is 322 g/mol. The summed E-state index contributed by atoms with van der Waals surface area (Å²) in [6.07, 6.45) is 0.803. The van der Waals surface area contributed by atoms with E-state index in [-0.39, 0.29) is 18.1 Å². The Bertz CT molecular complexity index is 705. The van der Waals surface area contributed by atoms with E-state index in [1.54, 1.807) is 7.11 Å². The van der Waals surface area contributed by atoms with Crippen molar-refractivity contribution >= 4 is 11.9 Å². The second-order valence-electron chi connectivity index (χ2n) is 6.78. The maximum Gasteiger partial charge on any atom is 0.249 e. The normalized spacial score (nSPS) is 20.5. The zero-order valence-corrected chi connectivity index (χ0v) is 15.6. The first-order valence-electron chi connectivity index (χ1n) is 8.42. The Kier molecular flexibility index (Phi) is 4.85. The van der Waals surface area contributed by atoms with E-state index >= 15 is 0 Å². The van der Waals surface area contributed by atoms with Gasteiger partial charge in [-0.3, -0.25) is 0 Å². The summed E-state index contributed by atoms with van der Waals surface area (Å²) < 4.78 is 11.0. The van der Waals surface area contributed by atoms with E-state index in [1.165, 1.54) is 0 Å². The molecule has 2 aromatic heterocycles. The number of nitrogens with zero attached hydrogens (tertiary/aromatic N) is 7. The predicted octanol–water partition coefficient (Wildman–Crippen LogP) is 1.72. The number of aromatic nitrogens is 5. The summed E-state index contributed by atoms with van der Waals surface area (Å²) in [5.74, 6) is 3.39. The Hall–Kier alpha value is -2.29. The fraction of sp³-hybridized carbons (Fsp3) is 0.688. The molecule has 0 amide bonds. The molecular formula is C16H25N7O2. The van der Waals surface area contributed by atoms with Crippen LogP contribution in [0.3, 0.4) is 0 Å². The fourth-order valence-electron chi connectivity index (χ4n) is 2.83. The molecule has 3 rings (SSSR count). The van der Waals surface area contributed by atoms with Crippen molar-refractivity contribution in [1.82, 2.24) is 25.1 Å². The van der Waals surface area contributed by atoms with Crippen molar-refractivity contribution in [2.24, 2.45) is 0 Å². The van der Waals surface area contributed by atoms with Crippen LogP contribution in [0.25, 0.3) is 0 Å². The van der Waals surface area contributed by atoms with E-state index in [4.69, 9.17) is 9.26 Å². The lowest BCUT2D eigenvalue weighted by Crippen LogP contribution is -2.28. The zero-order chi connectivity index (χ0) is 18.1. The van der Waals surface area contributed by atoms with Gasteiger partial charge in [-0.15, -0.1) is 0 Å². The van der Waals surface area contributed by atoms with Crippen LogP contribution in [0.2, 0.25) is 0 Å². The van der Waals surface area contributed by atoms with Crippen molar-refractivity contribution in [2.75, 3.05) is 37.5 Å². The van der Waals surface area contributed by atoms with Crippen molar-refractivity contribution in [3.8, 4) is 0 Å². The van der Waals surface area contributed by atoms with Gasteiger partial charge in [-0.2, -0.15) is 19.9 Å². The van der Waals surface area contributed by atoms with Crippen LogP contribution < -0.4 is 9.80 Å². The van der Waals surface area contributed by atoms with Crippen molar-refractivity contribution in [2.45, 2.75) is 45.3 Å². The molecule has 0 aromatic carbocycles. The Morgan fingerprint density at radius 2 is 1.96 bits per heavy atom. The molecule has 9 heteroatoms. The van der Waals surface area contributed by atoms with Gasteiger partial charge in [0.1, 0.15) is 11.9 Å². The van der Waals surface area contributed by atoms with E-state index in [9.17, 15) is 0 Å². The van der Waals surface area contributed by atoms with E-state index < -0.39 is 0 Å². The van der Waals surface area contributed by atoms with Gasteiger partial charge in [0, 0.05) is 40.1 Å². The van der Waals surface area contributed by atoms with Gasteiger partial charge in [-0.1, -0.05) is 19.0 Å². The van der Waals surface area contributed by atoms with Crippen molar-refractivity contribution in [3.63, 3.8) is 0 Å². The van der Waals surface area contributed by atoms with E-state index in [0.29, 0.717) is 30.2 Å². The number of anilines is 2. The Morgan fingerprint density at radius 3 is 2.52 bits per heavy atom. The summed E-state index contributed by atoms with van der Waals surface area (Å²) in [6, 6.07) is -0.108. The molecule has 3 heterocycles. The molecule has 0 radical (unpaired) electrons. The smallest absolute Gasteiger partial charge is 0.249 e. The average molecular weight is 347 g/mol. The molecule has 2 aromatic rings. The molecule has 1 aliphatic rings. The van der Waals surface area contributed by atoms with E-state index in [1.807, 2.05) is 25.9 Å². The first-order chi connectivity index (χ1) is 11.9. The molecule has 1 aliphatic heterocycles. The van der Waals surface area contributed by atoms with E-state index in [2.05, 4.69) is 43.8 Å². The van der Waals surface area contributed by atoms with Gasteiger partial charge in [-0.25, -0.2) is 0 Å². The average Bonchev–Trinajstić information content (AvgIpc) is 3.20. The Balaban J connectivity index is 2.02. The third kappa shape index (κ3) is 3.55. The summed E-state index contributed by atoms with van der Waals surface area (Å²) in [5.41, 5.74) is 0. The van der Waals surface area contributed by atoms with Gasteiger partial charge in [0.15, 0.2) is 5.82 Å². The number of ether oxygens (including phenoxy) is 1. The van der Waals surface area contributed by atoms with Crippen molar-refractivity contribution in [1.29, 1.82) is 0 Å². The predicted molar refractivity (Wildman–Crippen MR) is 92.8 cm³/mol. The van der Waals surface area contributed by atoms with Crippen molar-refractivity contribution < 1.29 is 9.26 Å². The lowest BCUT2D eigenvalue weighted by molar-refractivity contribution is 0.117. The van der Waals surface area contributed by atoms with Gasteiger partial charge >= 0.3 is 0 Å². The van der Waals surface area contributed by atoms with Crippen LogP contribution in [-0.2, 0) is 4.74 Å². The summed E-state index contributed by atoms with van der Waals surface area (Å²) >= 11 is 0. The molecule has 2 atom stereocenters. The first kappa shape index (κ1) is 17.5. The fourth-order valence-corrected chi connectivity index (χ4v) is 2.83. The molecule has 0 saturated carbocycles. The lowest BCUT2D eigenvalue weighted by atomic mass is 10.2. The maximum atomic E-state index is 5.56. The van der Waals surface area contributed by atoms with Crippen LogP contribution in [0.1, 0.15) is 49.8 Å². The monoisotopic (exact) mass is 347 g/mol. The van der Waals surface area contributed by atoms with Gasteiger partial charge in [0.05, 0.1) is 6.10 Å². The minimum Gasteiger partial charge on any atom is -0.380 e. The largest absolute Gasteiger partial charge is 0.380 e. The molecule has 0 aliphatic carbocycles. The Labute approximate surface area is 147 Å². The Morgan fingerprint density at radius 1 is 1.20 bits per heavy atom. The molecule has 0 N–H and O–H groups in total. The number of hydrogen-bond acceptors (Lipinski definition) is 9. The molecule has 25 heavy (non-hydrogen) atoms. The highest BCUT2D eigenvalue weighted by atomic mass is 16.5. The first-order valence-corrected chi connectivity index (χ1v) is 8.42. The van der Waals surface area contributed by atoms with E-state index in [0.717, 1.165) is 12.2 Å². The standard InChI is InChI=1S/C16H25N7O2/c1-9(2)13-18-15(22(4)5)20-16(19-13)23-8-11(24-6)7-12(23)14-17-10(3)21-25-14/h9,11-12H,7-8H2,1-6H3. The van der Waals surface area contributed by atoms with Gasteiger partial charge in [0.25, 0.3) is 0 Å². The molecule has 9 nitrogen and oxygen atoms in total. The summed E-state index contributed by atoms with van der Waals surface area (Å²) in [6.45, 7) is 6.61. The summed E-state index contributed by atoms with van der Waals surface area (Å²) in [4.78, 5) is 22.2. The van der Waals surface area contributed by atoms with Crippen LogP contribution in [-0.4, -0.2) is 58.9 Å². The highest BCUT2D eigenvalue weighted by molar-refractivity contribution is 5.41. The third-order valence-corrected chi connectivity index (χ3v) is 4.23. The minimum atomic E-state index is -0.108. The summed E-state index contributed by atoms with van der Waals surface area (Å²) in [7, 11) is 5.55. The maximum absolute atomic E-state index is 5.56. The number of methoxy groups -OCH3 is 1. The second kappa shape index (κ2) is 6.91.